The van der Waals surface area contributed by atoms with Crippen LogP contribution in [0.3, 0.4) is 0 Å². The number of urea groups is 2. The lowest BCUT2D eigenvalue weighted by Gasteiger charge is -2.14. The Labute approximate surface area is 175 Å². The summed E-state index contributed by atoms with van der Waals surface area (Å²) in [7, 11) is 0. The Morgan fingerprint density at radius 2 is 1.10 bits per heavy atom. The predicted octanol–water partition coefficient (Wildman–Crippen LogP) is 4.34. The Kier molecular flexibility index (Phi) is 7.00. The molecule has 154 valence electrons. The van der Waals surface area contributed by atoms with Gasteiger partial charge in [0.1, 0.15) is 0 Å². The molecule has 0 saturated heterocycles. The molecule has 0 spiro atoms. The number of aromatic nitrogens is 1. The van der Waals surface area contributed by atoms with Crippen molar-refractivity contribution in [3.8, 4) is 0 Å². The highest BCUT2D eigenvalue weighted by Crippen LogP contribution is 2.21. The lowest BCUT2D eigenvalue weighted by Crippen LogP contribution is -2.30. The van der Waals surface area contributed by atoms with E-state index < -0.39 is 0 Å². The minimum Gasteiger partial charge on any atom is -0.334 e. The van der Waals surface area contributed by atoms with E-state index in [4.69, 9.17) is 0 Å². The number of pyridine rings is 1. The lowest BCUT2D eigenvalue weighted by atomic mass is 10.2. The Balaban J connectivity index is 1.58. The molecule has 7 nitrogen and oxygen atoms in total. The van der Waals surface area contributed by atoms with Crippen molar-refractivity contribution in [2.24, 2.45) is 0 Å². The third-order valence-electron chi connectivity index (χ3n) is 4.49. The number of hydrogen-bond donors (Lipinski definition) is 4. The molecule has 0 aliphatic heterocycles. The van der Waals surface area contributed by atoms with Gasteiger partial charge in [-0.15, -0.1) is 0 Å². The van der Waals surface area contributed by atoms with Gasteiger partial charge in [-0.25, -0.2) is 9.59 Å². The first kappa shape index (κ1) is 20.9. The van der Waals surface area contributed by atoms with Crippen LogP contribution in [0.5, 0.6) is 0 Å². The van der Waals surface area contributed by atoms with Crippen LogP contribution in [0.4, 0.5) is 21.0 Å². The monoisotopic (exact) mass is 403 g/mol. The van der Waals surface area contributed by atoms with E-state index in [1.54, 1.807) is 19.9 Å². The first-order chi connectivity index (χ1) is 14.5. The van der Waals surface area contributed by atoms with Gasteiger partial charge >= 0.3 is 12.1 Å². The number of amides is 4. The molecule has 4 N–H and O–H groups in total. The first-order valence-electron chi connectivity index (χ1n) is 9.67. The predicted molar refractivity (Wildman–Crippen MR) is 118 cm³/mol. The molecule has 0 saturated carbocycles. The highest BCUT2D eigenvalue weighted by atomic mass is 16.2. The zero-order valence-electron chi connectivity index (χ0n) is 17.0. The van der Waals surface area contributed by atoms with Crippen molar-refractivity contribution in [3.63, 3.8) is 0 Å². The number of nitrogens with zero attached hydrogens (tertiary/aromatic N) is 1. The van der Waals surface area contributed by atoms with E-state index in [1.807, 2.05) is 60.7 Å². The average molecular weight is 403 g/mol. The highest BCUT2D eigenvalue weighted by molar-refractivity contribution is 5.93. The van der Waals surface area contributed by atoms with Crippen LogP contribution in [0.2, 0.25) is 0 Å². The van der Waals surface area contributed by atoms with Crippen LogP contribution in [0, 0.1) is 13.8 Å². The fourth-order valence-electron chi connectivity index (χ4n) is 2.87. The molecule has 0 fully saturated rings. The van der Waals surface area contributed by atoms with Crippen molar-refractivity contribution in [3.05, 3.63) is 89.2 Å². The molecule has 0 unspecified atom stereocenters. The summed E-state index contributed by atoms with van der Waals surface area (Å²) in [5.74, 6) is 0. The fraction of sp³-hybridized carbons (Fsp3) is 0.174. The van der Waals surface area contributed by atoms with E-state index in [-0.39, 0.29) is 12.1 Å². The van der Waals surface area contributed by atoms with E-state index >= 15 is 0 Å². The van der Waals surface area contributed by atoms with Crippen molar-refractivity contribution < 1.29 is 9.59 Å². The molecule has 0 atom stereocenters. The fourth-order valence-corrected chi connectivity index (χ4v) is 2.87. The lowest BCUT2D eigenvalue weighted by molar-refractivity contribution is 0.251. The van der Waals surface area contributed by atoms with Gasteiger partial charge in [-0.05, 0) is 31.0 Å². The maximum Gasteiger partial charge on any atom is 0.319 e. The molecule has 2 aromatic carbocycles. The van der Waals surface area contributed by atoms with Crippen LogP contribution in [-0.2, 0) is 13.1 Å². The van der Waals surface area contributed by atoms with Crippen molar-refractivity contribution in [2.75, 3.05) is 10.6 Å². The van der Waals surface area contributed by atoms with Crippen LogP contribution < -0.4 is 21.3 Å². The van der Waals surface area contributed by atoms with Crippen LogP contribution in [0.15, 0.2) is 66.7 Å². The molecular formula is C23H25N5O2. The van der Waals surface area contributed by atoms with Gasteiger partial charge in [0.15, 0.2) is 0 Å². The third kappa shape index (κ3) is 6.07. The zero-order valence-corrected chi connectivity index (χ0v) is 17.0. The topological polar surface area (TPSA) is 95.2 Å². The Hall–Kier alpha value is -3.87. The number of carbonyl (C=O) groups excluding carboxylic acids is 2. The molecular weight excluding hydrogens is 378 g/mol. The minimum absolute atomic E-state index is 0.341. The first-order valence-corrected chi connectivity index (χ1v) is 9.67. The zero-order chi connectivity index (χ0) is 21.3. The largest absolute Gasteiger partial charge is 0.334 e. The summed E-state index contributed by atoms with van der Waals surface area (Å²) >= 11 is 0. The molecule has 3 rings (SSSR count). The second-order valence-electron chi connectivity index (χ2n) is 6.84. The van der Waals surface area contributed by atoms with Gasteiger partial charge in [0, 0.05) is 13.1 Å². The summed E-state index contributed by atoms with van der Waals surface area (Å²) in [4.78, 5) is 29.0. The number of nitrogens with one attached hydrogen (secondary N) is 4. The van der Waals surface area contributed by atoms with E-state index in [9.17, 15) is 9.59 Å². The number of rotatable bonds is 6. The van der Waals surface area contributed by atoms with E-state index in [1.165, 1.54) is 0 Å². The van der Waals surface area contributed by atoms with Crippen molar-refractivity contribution in [1.29, 1.82) is 0 Å². The quantitative estimate of drug-likeness (QED) is 0.493. The summed E-state index contributed by atoms with van der Waals surface area (Å²) < 4.78 is 0. The summed E-state index contributed by atoms with van der Waals surface area (Å²) in [5.41, 5.74) is 4.40. The molecule has 30 heavy (non-hydrogen) atoms. The highest BCUT2D eigenvalue weighted by Gasteiger charge is 2.11. The number of anilines is 2. The molecule has 1 heterocycles. The summed E-state index contributed by atoms with van der Waals surface area (Å²) in [6, 6.07) is 20.3. The maximum atomic E-state index is 12.3. The van der Waals surface area contributed by atoms with Gasteiger partial charge in [-0.3, -0.25) is 4.98 Å². The van der Waals surface area contributed by atoms with Gasteiger partial charge in [0.2, 0.25) is 0 Å². The van der Waals surface area contributed by atoms with Gasteiger partial charge in [-0.1, -0.05) is 60.7 Å². The van der Waals surface area contributed by atoms with Crippen LogP contribution in [-0.4, -0.2) is 17.0 Å². The van der Waals surface area contributed by atoms with Gasteiger partial charge in [0.25, 0.3) is 0 Å². The standard InChI is InChI=1S/C23H25N5O2/c1-16-20(27-22(29)24-14-18-9-5-3-6-10-18)13-21(17(2)26-16)28-23(30)25-15-19-11-7-4-8-12-19/h3-13H,14-15H2,1-2H3,(H2,24,27,29)(H2,25,28,30). The second kappa shape index (κ2) is 10.1. The van der Waals surface area contributed by atoms with Crippen LogP contribution in [0.1, 0.15) is 22.5 Å². The van der Waals surface area contributed by atoms with Crippen molar-refractivity contribution in [1.82, 2.24) is 15.6 Å². The minimum atomic E-state index is -0.341. The van der Waals surface area contributed by atoms with Gasteiger partial charge in [0.05, 0.1) is 22.8 Å². The van der Waals surface area contributed by atoms with Crippen LogP contribution in [0.25, 0.3) is 0 Å². The molecule has 1 aromatic heterocycles. The molecule has 0 aliphatic carbocycles. The van der Waals surface area contributed by atoms with Gasteiger partial charge < -0.3 is 21.3 Å². The number of hydrogen-bond acceptors (Lipinski definition) is 3. The maximum absolute atomic E-state index is 12.3. The normalized spacial score (nSPS) is 10.2. The molecule has 0 radical (unpaired) electrons. The Bertz CT molecular complexity index is 928. The summed E-state index contributed by atoms with van der Waals surface area (Å²) in [5, 5.41) is 11.2. The van der Waals surface area contributed by atoms with Crippen molar-refractivity contribution in [2.45, 2.75) is 26.9 Å². The molecule has 0 aliphatic rings. The SMILES string of the molecule is Cc1nc(C)c(NC(=O)NCc2ccccc2)cc1NC(=O)NCc1ccccc1. The Morgan fingerprint density at radius 3 is 1.50 bits per heavy atom. The molecule has 4 amide bonds. The summed E-state index contributed by atoms with van der Waals surface area (Å²) in [6.45, 7) is 4.44. The number of aryl methyl sites for hydroxylation is 2. The average Bonchev–Trinajstić information content (AvgIpc) is 2.75. The Morgan fingerprint density at radius 1 is 0.700 bits per heavy atom. The van der Waals surface area contributed by atoms with E-state index in [0.717, 1.165) is 11.1 Å². The number of carbonyl (C=O) groups is 2. The number of benzene rings is 2. The van der Waals surface area contributed by atoms with E-state index in [2.05, 4.69) is 26.3 Å². The van der Waals surface area contributed by atoms with Crippen LogP contribution >= 0.6 is 0 Å². The van der Waals surface area contributed by atoms with E-state index in [0.29, 0.717) is 35.9 Å². The third-order valence-corrected chi connectivity index (χ3v) is 4.49. The second-order valence-corrected chi connectivity index (χ2v) is 6.84. The molecule has 3 aromatic rings. The summed E-state index contributed by atoms with van der Waals surface area (Å²) in [6.07, 6.45) is 0. The smallest absolute Gasteiger partial charge is 0.319 e. The van der Waals surface area contributed by atoms with Crippen molar-refractivity contribution >= 4 is 23.4 Å². The molecule has 7 heteroatoms. The van der Waals surface area contributed by atoms with Gasteiger partial charge in [-0.2, -0.15) is 0 Å². The molecule has 0 bridgehead atoms.